The average molecular weight is 459 g/mol. The maximum absolute atomic E-state index is 12.3. The lowest BCUT2D eigenvalue weighted by molar-refractivity contribution is -0.123. The summed E-state index contributed by atoms with van der Waals surface area (Å²) in [5.41, 5.74) is 0.924. The summed E-state index contributed by atoms with van der Waals surface area (Å²) in [5, 5.41) is 4.25. The highest BCUT2D eigenvalue weighted by atomic mass is 35.5. The van der Waals surface area contributed by atoms with E-state index in [4.69, 9.17) is 37.4 Å². The van der Waals surface area contributed by atoms with Crippen LogP contribution in [0.4, 0.5) is 5.69 Å². The summed E-state index contributed by atoms with van der Waals surface area (Å²) in [6.45, 7) is 1.67. The minimum absolute atomic E-state index is 0.128. The number of rotatable bonds is 7. The van der Waals surface area contributed by atoms with E-state index in [0.717, 1.165) is 5.69 Å². The number of benzene rings is 1. The number of hydrogen-bond acceptors (Lipinski definition) is 8. The molecule has 1 fully saturated rings. The number of nitrogens with one attached hydrogen (secondary N) is 1. The smallest absolute Gasteiger partial charge is 0.232 e. The number of halogens is 2. The van der Waals surface area contributed by atoms with Gasteiger partial charge in [0.25, 0.3) is 0 Å². The molecule has 0 spiro atoms. The molecule has 1 unspecified atom stereocenters. The molecule has 1 aliphatic heterocycles. The normalized spacial score (nSPS) is 16.4. The van der Waals surface area contributed by atoms with Gasteiger partial charge in [-0.2, -0.15) is 9.97 Å². The van der Waals surface area contributed by atoms with Crippen LogP contribution in [0.5, 0.6) is 11.8 Å². The highest BCUT2D eigenvalue weighted by molar-refractivity contribution is 7.99. The molecule has 11 heteroatoms. The number of hydrogen-bond donors (Lipinski definition) is 1. The van der Waals surface area contributed by atoms with Crippen LogP contribution in [0.1, 0.15) is 0 Å². The van der Waals surface area contributed by atoms with Crippen LogP contribution in [0.3, 0.4) is 0 Å². The van der Waals surface area contributed by atoms with Crippen LogP contribution in [-0.4, -0.2) is 61.8 Å². The van der Waals surface area contributed by atoms with E-state index in [1.54, 1.807) is 18.2 Å². The Morgan fingerprint density at radius 2 is 1.97 bits per heavy atom. The quantitative estimate of drug-likeness (QED) is 0.500. The monoisotopic (exact) mass is 458 g/mol. The number of ether oxygens (including phenoxy) is 3. The average Bonchev–Trinajstić information content (AvgIpc) is 2.74. The largest absolute Gasteiger partial charge is 0.481 e. The molecule has 2 aromatic rings. The number of anilines is 1. The van der Waals surface area contributed by atoms with Gasteiger partial charge in [0.2, 0.25) is 17.7 Å². The lowest BCUT2D eigenvalue weighted by atomic mass is 10.2. The van der Waals surface area contributed by atoms with Crippen LogP contribution in [0, 0.1) is 0 Å². The van der Waals surface area contributed by atoms with E-state index in [1.807, 2.05) is 6.07 Å². The molecule has 1 N–H and O–H groups in total. The van der Waals surface area contributed by atoms with Gasteiger partial charge in [-0.1, -0.05) is 35.0 Å². The van der Waals surface area contributed by atoms with E-state index < -0.39 is 6.23 Å². The lowest BCUT2D eigenvalue weighted by Gasteiger charge is -2.34. The number of morpholine rings is 1. The van der Waals surface area contributed by atoms with Crippen molar-refractivity contribution in [2.75, 3.05) is 44.6 Å². The summed E-state index contributed by atoms with van der Waals surface area (Å²) in [5.74, 6) is 0.671. The van der Waals surface area contributed by atoms with Gasteiger partial charge in [0.05, 0.1) is 49.2 Å². The fourth-order valence-corrected chi connectivity index (χ4v) is 3.61. The molecule has 1 aliphatic rings. The Bertz CT molecular complexity index is 851. The van der Waals surface area contributed by atoms with E-state index in [2.05, 4.69) is 20.2 Å². The van der Waals surface area contributed by atoms with E-state index in [9.17, 15) is 4.79 Å². The second kappa shape index (κ2) is 10.2. The van der Waals surface area contributed by atoms with E-state index in [1.165, 1.54) is 26.0 Å². The van der Waals surface area contributed by atoms with Crippen LogP contribution < -0.4 is 19.7 Å². The number of thioether (sulfide) groups is 1. The Kier molecular flexibility index (Phi) is 7.65. The fraction of sp³-hybridized carbons (Fsp3) is 0.389. The first-order chi connectivity index (χ1) is 14.0. The minimum atomic E-state index is -0.438. The Balaban J connectivity index is 1.54. The lowest BCUT2D eigenvalue weighted by Crippen LogP contribution is -2.51. The molecule has 8 nitrogen and oxygen atoms in total. The summed E-state index contributed by atoms with van der Waals surface area (Å²) in [6, 6.07) is 7.01. The molecule has 29 heavy (non-hydrogen) atoms. The minimum Gasteiger partial charge on any atom is -0.481 e. The van der Waals surface area contributed by atoms with Crippen molar-refractivity contribution >= 4 is 46.6 Å². The number of amides is 1. The number of carbonyl (C=O) groups excluding carboxylic acids is 1. The Morgan fingerprint density at radius 3 is 2.62 bits per heavy atom. The van der Waals surface area contributed by atoms with Gasteiger partial charge in [-0.05, 0) is 18.2 Å². The Labute approximate surface area is 182 Å². The third-order valence-corrected chi connectivity index (χ3v) is 5.65. The van der Waals surface area contributed by atoms with E-state index >= 15 is 0 Å². The van der Waals surface area contributed by atoms with Crippen molar-refractivity contribution in [2.24, 2.45) is 0 Å². The zero-order valence-electron chi connectivity index (χ0n) is 15.9. The van der Waals surface area contributed by atoms with Crippen molar-refractivity contribution in [3.05, 3.63) is 34.3 Å². The van der Waals surface area contributed by atoms with Crippen molar-refractivity contribution in [2.45, 2.75) is 11.4 Å². The summed E-state index contributed by atoms with van der Waals surface area (Å²) in [6.07, 6.45) is -0.438. The molecule has 1 amide bonds. The van der Waals surface area contributed by atoms with Crippen LogP contribution in [0.2, 0.25) is 10.0 Å². The first-order valence-electron chi connectivity index (χ1n) is 8.69. The molecular formula is C18H20Cl2N4O4S. The van der Waals surface area contributed by atoms with Gasteiger partial charge in [0.1, 0.15) is 6.23 Å². The summed E-state index contributed by atoms with van der Waals surface area (Å²) < 4.78 is 15.9. The van der Waals surface area contributed by atoms with Gasteiger partial charge in [0, 0.05) is 12.2 Å². The predicted molar refractivity (Wildman–Crippen MR) is 112 cm³/mol. The van der Waals surface area contributed by atoms with Gasteiger partial charge in [0.15, 0.2) is 5.16 Å². The molecule has 2 heterocycles. The first-order valence-corrected chi connectivity index (χ1v) is 10.4. The predicted octanol–water partition coefficient (Wildman–Crippen LogP) is 2.87. The number of aromatic nitrogens is 2. The van der Waals surface area contributed by atoms with Crippen LogP contribution in [0.15, 0.2) is 29.4 Å². The molecule has 0 saturated carbocycles. The molecule has 0 radical (unpaired) electrons. The highest BCUT2D eigenvalue weighted by Gasteiger charge is 2.23. The van der Waals surface area contributed by atoms with Crippen molar-refractivity contribution in [3.8, 4) is 11.8 Å². The van der Waals surface area contributed by atoms with Gasteiger partial charge in [-0.25, -0.2) is 0 Å². The van der Waals surface area contributed by atoms with Crippen molar-refractivity contribution < 1.29 is 19.0 Å². The zero-order valence-corrected chi connectivity index (χ0v) is 18.2. The number of carbonyl (C=O) groups is 1. The summed E-state index contributed by atoms with van der Waals surface area (Å²) >= 11 is 13.3. The molecule has 0 aliphatic carbocycles. The standard InChI is InChI=1S/C18H20Cl2N4O4S/c1-26-15-8-16(27-2)23-18(22-15)29-10-14(25)21-17-9-24(5-6-28-17)11-3-4-12(19)13(20)7-11/h3-4,7-8,17H,5-6,9-10H2,1-2H3,(H,21,25). The van der Waals surface area contributed by atoms with Crippen LogP contribution in [-0.2, 0) is 9.53 Å². The first kappa shape index (κ1) is 21.8. The maximum Gasteiger partial charge on any atom is 0.232 e. The van der Waals surface area contributed by atoms with Crippen LogP contribution >= 0.6 is 35.0 Å². The van der Waals surface area contributed by atoms with Gasteiger partial charge >= 0.3 is 0 Å². The number of nitrogens with zero attached hydrogens (tertiary/aromatic N) is 3. The topological polar surface area (TPSA) is 85.8 Å². The molecule has 1 saturated heterocycles. The van der Waals surface area contributed by atoms with Crippen molar-refractivity contribution in [3.63, 3.8) is 0 Å². The van der Waals surface area contributed by atoms with E-state index in [0.29, 0.717) is 46.7 Å². The Morgan fingerprint density at radius 1 is 1.24 bits per heavy atom. The zero-order chi connectivity index (χ0) is 20.8. The molecule has 3 rings (SSSR count). The van der Waals surface area contributed by atoms with Gasteiger partial charge < -0.3 is 24.4 Å². The molecular weight excluding hydrogens is 439 g/mol. The second-order valence-corrected chi connectivity index (χ2v) is 7.75. The molecule has 1 atom stereocenters. The molecule has 0 bridgehead atoms. The maximum atomic E-state index is 12.3. The SMILES string of the molecule is COc1cc(OC)nc(SCC(=O)NC2CN(c3ccc(Cl)c(Cl)c3)CCO2)n1. The van der Waals surface area contributed by atoms with Gasteiger partial charge in [-0.15, -0.1) is 0 Å². The molecule has 1 aromatic heterocycles. The highest BCUT2D eigenvalue weighted by Crippen LogP contribution is 2.28. The van der Waals surface area contributed by atoms with Gasteiger partial charge in [-0.3, -0.25) is 4.79 Å². The fourth-order valence-electron chi connectivity index (χ4n) is 2.66. The van der Waals surface area contributed by atoms with Crippen LogP contribution in [0.25, 0.3) is 0 Å². The third-order valence-electron chi connectivity index (χ3n) is 4.07. The van der Waals surface area contributed by atoms with Crippen molar-refractivity contribution in [1.29, 1.82) is 0 Å². The molecule has 1 aromatic carbocycles. The summed E-state index contributed by atoms with van der Waals surface area (Å²) in [4.78, 5) is 22.8. The Hall–Kier alpha value is -1.94. The second-order valence-electron chi connectivity index (χ2n) is 6.00. The number of methoxy groups -OCH3 is 2. The summed E-state index contributed by atoms with van der Waals surface area (Å²) in [7, 11) is 3.01. The van der Waals surface area contributed by atoms with E-state index in [-0.39, 0.29) is 11.7 Å². The van der Waals surface area contributed by atoms with Crippen molar-refractivity contribution in [1.82, 2.24) is 15.3 Å². The molecule has 156 valence electrons. The third kappa shape index (κ3) is 6.02.